The van der Waals surface area contributed by atoms with Crippen molar-refractivity contribution >= 4 is 27.4 Å². The van der Waals surface area contributed by atoms with Crippen LogP contribution < -0.4 is 0 Å². The van der Waals surface area contributed by atoms with Crippen LogP contribution in [0, 0.1) is 0 Å². The predicted octanol–water partition coefficient (Wildman–Crippen LogP) is 0.494. The lowest BCUT2D eigenvalue weighted by Crippen LogP contribution is -2.44. The second-order valence-electron chi connectivity index (χ2n) is 4.67. The van der Waals surface area contributed by atoms with E-state index in [-0.39, 0.29) is 6.54 Å². The fraction of sp³-hybridized carbons (Fsp3) is 0.583. The van der Waals surface area contributed by atoms with E-state index in [1.807, 2.05) is 4.90 Å². The summed E-state index contributed by atoms with van der Waals surface area (Å²) in [4.78, 5) is 14.3. The molecule has 1 atom stereocenters. The van der Waals surface area contributed by atoms with E-state index in [0.29, 0.717) is 31.2 Å². The van der Waals surface area contributed by atoms with Gasteiger partial charge >= 0.3 is 5.97 Å². The molecule has 0 bridgehead atoms. The Hall–Kier alpha value is -1.00. The molecular formula is C12H17NO6S2. The van der Waals surface area contributed by atoms with Gasteiger partial charge in [0.2, 0.25) is 0 Å². The predicted molar refractivity (Wildman–Crippen MR) is 77.2 cm³/mol. The molecule has 2 rings (SSSR count). The van der Waals surface area contributed by atoms with Crippen LogP contribution in [0.25, 0.3) is 0 Å². The first-order chi connectivity index (χ1) is 9.94. The maximum atomic E-state index is 11.9. The van der Waals surface area contributed by atoms with Crippen molar-refractivity contribution in [2.45, 2.75) is 6.10 Å². The largest absolute Gasteiger partial charge is 0.456 e. The number of carbonyl (C=O) groups is 1. The average Bonchev–Trinajstić information content (AvgIpc) is 2.91. The van der Waals surface area contributed by atoms with Gasteiger partial charge in [0, 0.05) is 19.6 Å². The summed E-state index contributed by atoms with van der Waals surface area (Å²) in [5, 5.41) is 1.73. The van der Waals surface area contributed by atoms with Crippen molar-refractivity contribution in [1.29, 1.82) is 0 Å². The molecule has 0 aromatic carbocycles. The highest BCUT2D eigenvalue weighted by atomic mass is 32.2. The molecule has 1 N–H and O–H groups in total. The van der Waals surface area contributed by atoms with Crippen molar-refractivity contribution in [2.75, 3.05) is 38.6 Å². The molecule has 1 aliphatic rings. The van der Waals surface area contributed by atoms with Crippen molar-refractivity contribution in [2.24, 2.45) is 0 Å². The van der Waals surface area contributed by atoms with E-state index < -0.39 is 27.9 Å². The normalized spacial score (nSPS) is 18.3. The Bertz CT molecular complexity index is 550. The van der Waals surface area contributed by atoms with Gasteiger partial charge in [-0.25, -0.2) is 4.79 Å². The molecule has 0 radical (unpaired) electrons. The number of morpholine rings is 1. The van der Waals surface area contributed by atoms with Crippen LogP contribution in [0.4, 0.5) is 0 Å². The summed E-state index contributed by atoms with van der Waals surface area (Å²) in [6.45, 7) is 2.63. The number of thiophene rings is 1. The molecule has 0 saturated carbocycles. The van der Waals surface area contributed by atoms with Crippen LogP contribution in [0.1, 0.15) is 9.67 Å². The van der Waals surface area contributed by atoms with Gasteiger partial charge in [-0.1, -0.05) is 6.07 Å². The molecule has 1 aromatic rings. The summed E-state index contributed by atoms with van der Waals surface area (Å²) in [5.74, 6) is -1.19. The summed E-state index contributed by atoms with van der Waals surface area (Å²) in [7, 11) is -4.22. The van der Waals surface area contributed by atoms with E-state index in [9.17, 15) is 13.2 Å². The molecule has 0 aliphatic carbocycles. The maximum absolute atomic E-state index is 11.9. The third kappa shape index (κ3) is 5.71. The highest BCUT2D eigenvalue weighted by Gasteiger charge is 2.25. The molecular weight excluding hydrogens is 318 g/mol. The topological polar surface area (TPSA) is 93.1 Å². The highest BCUT2D eigenvalue weighted by molar-refractivity contribution is 7.85. The molecule has 1 unspecified atom stereocenters. The molecule has 2 heterocycles. The van der Waals surface area contributed by atoms with Gasteiger partial charge in [-0.05, 0) is 11.4 Å². The minimum atomic E-state index is -4.22. The average molecular weight is 335 g/mol. The number of esters is 1. The molecule has 21 heavy (non-hydrogen) atoms. The van der Waals surface area contributed by atoms with Gasteiger partial charge in [0.05, 0.1) is 13.2 Å². The van der Waals surface area contributed by atoms with Gasteiger partial charge in [-0.3, -0.25) is 9.45 Å². The maximum Gasteiger partial charge on any atom is 0.348 e. The SMILES string of the molecule is O=C(OC(CN1CCOCC1)CS(=O)(=O)O)c1cccs1. The Morgan fingerprint density at radius 2 is 2.19 bits per heavy atom. The minimum absolute atomic E-state index is 0.250. The zero-order chi connectivity index (χ0) is 15.3. The van der Waals surface area contributed by atoms with E-state index in [1.54, 1.807) is 17.5 Å². The van der Waals surface area contributed by atoms with Crippen molar-refractivity contribution in [1.82, 2.24) is 4.90 Å². The number of carbonyl (C=O) groups excluding carboxylic acids is 1. The van der Waals surface area contributed by atoms with Crippen molar-refractivity contribution in [3.05, 3.63) is 22.4 Å². The molecule has 9 heteroatoms. The van der Waals surface area contributed by atoms with Crippen LogP contribution in [0.2, 0.25) is 0 Å². The molecule has 0 spiro atoms. The smallest absolute Gasteiger partial charge is 0.348 e. The molecule has 1 saturated heterocycles. The number of rotatable bonds is 6. The fourth-order valence-corrected chi connectivity index (χ4v) is 3.28. The third-order valence-electron chi connectivity index (χ3n) is 2.96. The van der Waals surface area contributed by atoms with E-state index in [0.717, 1.165) is 0 Å². The standard InChI is InChI=1S/C12H17NO6S2/c14-12(11-2-1-7-20-11)19-10(9-21(15,16)17)8-13-3-5-18-6-4-13/h1-2,7,10H,3-6,8-9H2,(H,15,16,17). The van der Waals surface area contributed by atoms with Gasteiger partial charge in [0.25, 0.3) is 10.1 Å². The summed E-state index contributed by atoms with van der Waals surface area (Å²) in [5.41, 5.74) is 0. The number of hydrogen-bond acceptors (Lipinski definition) is 7. The number of ether oxygens (including phenoxy) is 2. The van der Waals surface area contributed by atoms with Gasteiger partial charge in [-0.15, -0.1) is 11.3 Å². The van der Waals surface area contributed by atoms with Crippen LogP contribution >= 0.6 is 11.3 Å². The zero-order valence-corrected chi connectivity index (χ0v) is 12.9. The van der Waals surface area contributed by atoms with Gasteiger partial charge in [0.1, 0.15) is 16.7 Å². The van der Waals surface area contributed by atoms with Gasteiger partial charge < -0.3 is 9.47 Å². The number of nitrogens with zero attached hydrogens (tertiary/aromatic N) is 1. The molecule has 1 fully saturated rings. The van der Waals surface area contributed by atoms with Crippen LogP contribution in [-0.4, -0.2) is 68.5 Å². The van der Waals surface area contributed by atoms with E-state index >= 15 is 0 Å². The van der Waals surface area contributed by atoms with Crippen LogP contribution in [0.5, 0.6) is 0 Å². The minimum Gasteiger partial charge on any atom is -0.456 e. The molecule has 7 nitrogen and oxygen atoms in total. The zero-order valence-electron chi connectivity index (χ0n) is 11.3. The fourth-order valence-electron chi connectivity index (χ4n) is 2.03. The van der Waals surface area contributed by atoms with E-state index in [4.69, 9.17) is 14.0 Å². The first-order valence-electron chi connectivity index (χ1n) is 6.44. The van der Waals surface area contributed by atoms with Crippen LogP contribution in [0.3, 0.4) is 0 Å². The summed E-state index contributed by atoms with van der Waals surface area (Å²) < 4.78 is 41.6. The lowest BCUT2D eigenvalue weighted by Gasteiger charge is -2.29. The first-order valence-corrected chi connectivity index (χ1v) is 8.93. The molecule has 1 aliphatic heterocycles. The van der Waals surface area contributed by atoms with Gasteiger partial charge in [0.15, 0.2) is 0 Å². The molecule has 1 aromatic heterocycles. The Balaban J connectivity index is 1.99. The Kier molecular flexibility index (Phi) is 5.71. The summed E-state index contributed by atoms with van der Waals surface area (Å²) in [6.07, 6.45) is -0.910. The first kappa shape index (κ1) is 16.4. The monoisotopic (exact) mass is 335 g/mol. The highest BCUT2D eigenvalue weighted by Crippen LogP contribution is 2.13. The Labute approximate surface area is 127 Å². The second-order valence-corrected chi connectivity index (χ2v) is 7.11. The van der Waals surface area contributed by atoms with E-state index in [2.05, 4.69) is 0 Å². The Morgan fingerprint density at radius 3 is 2.76 bits per heavy atom. The second kappa shape index (κ2) is 7.32. The van der Waals surface area contributed by atoms with Crippen LogP contribution in [-0.2, 0) is 19.6 Å². The third-order valence-corrected chi connectivity index (χ3v) is 4.60. The quantitative estimate of drug-likeness (QED) is 0.597. The summed E-state index contributed by atoms with van der Waals surface area (Å²) >= 11 is 1.22. The molecule has 118 valence electrons. The Morgan fingerprint density at radius 1 is 1.48 bits per heavy atom. The van der Waals surface area contributed by atoms with Gasteiger partial charge in [-0.2, -0.15) is 8.42 Å². The summed E-state index contributed by atoms with van der Waals surface area (Å²) in [6, 6.07) is 3.31. The van der Waals surface area contributed by atoms with Crippen molar-refractivity contribution in [3.8, 4) is 0 Å². The lowest BCUT2D eigenvalue weighted by atomic mass is 10.3. The van der Waals surface area contributed by atoms with Crippen LogP contribution in [0.15, 0.2) is 17.5 Å². The van der Waals surface area contributed by atoms with Crippen molar-refractivity contribution in [3.63, 3.8) is 0 Å². The molecule has 0 amide bonds. The number of hydrogen-bond donors (Lipinski definition) is 1. The van der Waals surface area contributed by atoms with Crippen molar-refractivity contribution < 1.29 is 27.2 Å². The lowest BCUT2D eigenvalue weighted by molar-refractivity contribution is 0.00124. The van der Waals surface area contributed by atoms with E-state index in [1.165, 1.54) is 11.3 Å².